The summed E-state index contributed by atoms with van der Waals surface area (Å²) >= 11 is 0. The van der Waals surface area contributed by atoms with Gasteiger partial charge >= 0.3 is 0 Å². The lowest BCUT2D eigenvalue weighted by molar-refractivity contribution is 0.270. The van der Waals surface area contributed by atoms with Gasteiger partial charge in [-0.25, -0.2) is 0 Å². The van der Waals surface area contributed by atoms with Crippen molar-refractivity contribution < 1.29 is 0 Å². The predicted octanol–water partition coefficient (Wildman–Crippen LogP) is 3.98. The number of hydrogen-bond donors (Lipinski definition) is 1. The van der Waals surface area contributed by atoms with Crippen molar-refractivity contribution >= 4 is 16.6 Å². The molecule has 1 saturated carbocycles. The first kappa shape index (κ1) is 10.6. The lowest BCUT2D eigenvalue weighted by Gasteiger charge is -2.43. The number of hydrogen-bond acceptors (Lipinski definition) is 2. The molecule has 0 radical (unpaired) electrons. The van der Waals surface area contributed by atoms with Gasteiger partial charge in [-0.3, -0.25) is 4.98 Å². The molecule has 1 heterocycles. The van der Waals surface area contributed by atoms with E-state index in [1.54, 1.807) is 0 Å². The quantitative estimate of drug-likeness (QED) is 0.856. The van der Waals surface area contributed by atoms with E-state index >= 15 is 0 Å². The Balaban J connectivity index is 2.00. The molecule has 0 spiro atoms. The Bertz CT molecular complexity index is 518. The molecular formula is C15H18N2. The molecule has 1 aromatic heterocycles. The number of nitrogens with zero attached hydrogens (tertiary/aromatic N) is 1. The summed E-state index contributed by atoms with van der Waals surface area (Å²) in [6.07, 6.45) is 7.03. The van der Waals surface area contributed by atoms with Gasteiger partial charge in [-0.1, -0.05) is 25.1 Å². The van der Waals surface area contributed by atoms with Gasteiger partial charge in [-0.05, 0) is 37.8 Å². The second-order valence-corrected chi connectivity index (χ2v) is 4.99. The van der Waals surface area contributed by atoms with Crippen molar-refractivity contribution in [1.29, 1.82) is 0 Å². The standard InChI is InChI=1S/C15H18N2/c1-2-15(9-5-10-15)17-14-8-11-16-13-7-4-3-6-12(13)14/h3-4,6-8,11H,2,5,9-10H2,1H3,(H,16,17). The van der Waals surface area contributed by atoms with Crippen LogP contribution in [0.5, 0.6) is 0 Å². The average molecular weight is 226 g/mol. The third-order valence-corrected chi connectivity index (χ3v) is 4.04. The molecule has 17 heavy (non-hydrogen) atoms. The lowest BCUT2D eigenvalue weighted by Crippen LogP contribution is -2.44. The molecule has 2 heteroatoms. The number of aromatic nitrogens is 1. The molecule has 0 aliphatic heterocycles. The van der Waals surface area contributed by atoms with Gasteiger partial charge in [0.05, 0.1) is 5.52 Å². The van der Waals surface area contributed by atoms with Crippen molar-refractivity contribution in [2.75, 3.05) is 5.32 Å². The maximum atomic E-state index is 4.40. The minimum absolute atomic E-state index is 0.337. The maximum absolute atomic E-state index is 4.40. The Labute approximate surface area is 102 Å². The molecule has 88 valence electrons. The minimum atomic E-state index is 0.337. The fraction of sp³-hybridized carbons (Fsp3) is 0.400. The van der Waals surface area contributed by atoms with Crippen LogP contribution in [0, 0.1) is 0 Å². The van der Waals surface area contributed by atoms with E-state index in [2.05, 4.69) is 41.5 Å². The van der Waals surface area contributed by atoms with E-state index < -0.39 is 0 Å². The molecule has 1 fully saturated rings. The van der Waals surface area contributed by atoms with Crippen LogP contribution in [0.4, 0.5) is 5.69 Å². The Hall–Kier alpha value is -1.57. The Morgan fingerprint density at radius 3 is 2.76 bits per heavy atom. The van der Waals surface area contributed by atoms with Crippen molar-refractivity contribution in [1.82, 2.24) is 4.98 Å². The zero-order valence-corrected chi connectivity index (χ0v) is 10.2. The van der Waals surface area contributed by atoms with Gasteiger partial charge in [-0.15, -0.1) is 0 Å². The number of benzene rings is 1. The van der Waals surface area contributed by atoms with E-state index in [0.29, 0.717) is 5.54 Å². The van der Waals surface area contributed by atoms with Crippen molar-refractivity contribution in [2.45, 2.75) is 38.1 Å². The molecular weight excluding hydrogens is 208 g/mol. The number of para-hydroxylation sites is 1. The highest BCUT2D eigenvalue weighted by atomic mass is 15.0. The highest BCUT2D eigenvalue weighted by Crippen LogP contribution is 2.39. The molecule has 1 aliphatic carbocycles. The van der Waals surface area contributed by atoms with Crippen molar-refractivity contribution in [3.05, 3.63) is 36.5 Å². The van der Waals surface area contributed by atoms with Crippen molar-refractivity contribution in [2.24, 2.45) is 0 Å². The van der Waals surface area contributed by atoms with Gasteiger partial charge < -0.3 is 5.32 Å². The summed E-state index contributed by atoms with van der Waals surface area (Å²) in [5.74, 6) is 0. The van der Waals surface area contributed by atoms with E-state index in [1.807, 2.05) is 12.3 Å². The number of rotatable bonds is 3. The molecule has 0 unspecified atom stereocenters. The highest BCUT2D eigenvalue weighted by Gasteiger charge is 2.35. The van der Waals surface area contributed by atoms with E-state index in [1.165, 1.54) is 36.8 Å². The summed E-state index contributed by atoms with van der Waals surface area (Å²) in [5.41, 5.74) is 2.64. The third-order valence-electron chi connectivity index (χ3n) is 4.04. The van der Waals surface area contributed by atoms with Crippen LogP contribution in [-0.2, 0) is 0 Å². The Morgan fingerprint density at radius 2 is 2.06 bits per heavy atom. The topological polar surface area (TPSA) is 24.9 Å². The molecule has 0 bridgehead atoms. The van der Waals surface area contributed by atoms with E-state index in [9.17, 15) is 0 Å². The van der Waals surface area contributed by atoms with Gasteiger partial charge in [0.1, 0.15) is 0 Å². The molecule has 2 nitrogen and oxygen atoms in total. The number of nitrogens with one attached hydrogen (secondary N) is 1. The second kappa shape index (κ2) is 4.02. The average Bonchev–Trinajstić information content (AvgIpc) is 2.34. The SMILES string of the molecule is CCC1(Nc2ccnc3ccccc23)CCC1. The van der Waals surface area contributed by atoms with Crippen molar-refractivity contribution in [3.8, 4) is 0 Å². The van der Waals surface area contributed by atoms with Gasteiger partial charge in [0, 0.05) is 22.8 Å². The van der Waals surface area contributed by atoms with Gasteiger partial charge in [0.2, 0.25) is 0 Å². The molecule has 3 rings (SSSR count). The van der Waals surface area contributed by atoms with Crippen molar-refractivity contribution in [3.63, 3.8) is 0 Å². The first-order chi connectivity index (χ1) is 8.33. The van der Waals surface area contributed by atoms with Crippen LogP contribution in [0.3, 0.4) is 0 Å². The Kier molecular flexibility index (Phi) is 2.50. The van der Waals surface area contributed by atoms with E-state index in [0.717, 1.165) is 5.52 Å². The summed E-state index contributed by atoms with van der Waals surface area (Å²) < 4.78 is 0. The van der Waals surface area contributed by atoms with Crippen LogP contribution < -0.4 is 5.32 Å². The Morgan fingerprint density at radius 1 is 1.24 bits per heavy atom. The molecule has 1 N–H and O–H groups in total. The molecule has 1 aliphatic rings. The predicted molar refractivity (Wildman–Crippen MR) is 72.2 cm³/mol. The zero-order chi connectivity index (χ0) is 11.7. The monoisotopic (exact) mass is 226 g/mol. The normalized spacial score (nSPS) is 17.7. The first-order valence-corrected chi connectivity index (χ1v) is 6.45. The molecule has 0 saturated heterocycles. The number of pyridine rings is 1. The van der Waals surface area contributed by atoms with Crippen LogP contribution in [0.15, 0.2) is 36.5 Å². The lowest BCUT2D eigenvalue weighted by atomic mass is 9.74. The minimum Gasteiger partial charge on any atom is -0.379 e. The summed E-state index contributed by atoms with van der Waals surface area (Å²) in [7, 11) is 0. The first-order valence-electron chi connectivity index (χ1n) is 6.45. The summed E-state index contributed by atoms with van der Waals surface area (Å²) in [4.78, 5) is 4.40. The third kappa shape index (κ3) is 1.78. The fourth-order valence-corrected chi connectivity index (χ4v) is 2.66. The van der Waals surface area contributed by atoms with Gasteiger partial charge in [-0.2, -0.15) is 0 Å². The zero-order valence-electron chi connectivity index (χ0n) is 10.2. The van der Waals surface area contributed by atoms with Crippen LogP contribution in [0.1, 0.15) is 32.6 Å². The largest absolute Gasteiger partial charge is 0.379 e. The molecule has 0 atom stereocenters. The number of fused-ring (bicyclic) bond motifs is 1. The van der Waals surface area contributed by atoms with Crippen LogP contribution >= 0.6 is 0 Å². The van der Waals surface area contributed by atoms with Crippen LogP contribution in [0.25, 0.3) is 10.9 Å². The second-order valence-electron chi connectivity index (χ2n) is 4.99. The van der Waals surface area contributed by atoms with E-state index in [4.69, 9.17) is 0 Å². The number of anilines is 1. The molecule has 2 aromatic rings. The molecule has 0 amide bonds. The molecule has 1 aromatic carbocycles. The van der Waals surface area contributed by atoms with Gasteiger partial charge in [0.25, 0.3) is 0 Å². The van der Waals surface area contributed by atoms with E-state index in [-0.39, 0.29) is 0 Å². The summed E-state index contributed by atoms with van der Waals surface area (Å²) in [5, 5.41) is 4.98. The maximum Gasteiger partial charge on any atom is 0.0722 e. The van der Waals surface area contributed by atoms with Gasteiger partial charge in [0.15, 0.2) is 0 Å². The summed E-state index contributed by atoms with van der Waals surface area (Å²) in [6.45, 7) is 2.27. The fourth-order valence-electron chi connectivity index (χ4n) is 2.66. The highest BCUT2D eigenvalue weighted by molar-refractivity contribution is 5.91. The smallest absolute Gasteiger partial charge is 0.0722 e. The van der Waals surface area contributed by atoms with Crippen LogP contribution in [-0.4, -0.2) is 10.5 Å². The summed E-state index contributed by atoms with van der Waals surface area (Å²) in [6, 6.07) is 10.4. The van der Waals surface area contributed by atoms with Crippen LogP contribution in [0.2, 0.25) is 0 Å².